The topological polar surface area (TPSA) is 80.3 Å². The van der Waals surface area contributed by atoms with Crippen molar-refractivity contribution in [3.05, 3.63) is 0 Å². The number of carboxylic acid groups (broad SMARTS) is 2. The van der Waals surface area contributed by atoms with Crippen LogP contribution in [0.25, 0.3) is 0 Å². The van der Waals surface area contributed by atoms with Crippen LogP contribution in [0.5, 0.6) is 0 Å². The van der Waals surface area contributed by atoms with Crippen LogP contribution in [0.2, 0.25) is 0 Å². The average Bonchev–Trinajstić information content (AvgIpc) is 2.51. The first kappa shape index (κ1) is 29.9. The van der Waals surface area contributed by atoms with E-state index in [0.717, 1.165) is 44.9 Å². The summed E-state index contributed by atoms with van der Waals surface area (Å²) in [6.07, 6.45) is 10.1. The molecule has 0 aromatic carbocycles. The second-order valence-electron chi connectivity index (χ2n) is 6.66. The molecule has 0 N–H and O–H groups in total. The fraction of sp³-hybridized carbons (Fsp3) is 0.895. The molecule has 1 unspecified atom stereocenters. The molecule has 0 heterocycles. The van der Waals surface area contributed by atoms with Crippen molar-refractivity contribution in [2.45, 2.75) is 97.8 Å². The number of carboxylic acids is 2. The van der Waals surface area contributed by atoms with Crippen LogP contribution in [-0.4, -0.2) is 11.9 Å². The fourth-order valence-corrected chi connectivity index (χ4v) is 3.45. The molecule has 0 aromatic heterocycles. The molecule has 6 heteroatoms. The van der Waals surface area contributed by atoms with Crippen molar-refractivity contribution in [2.24, 2.45) is 11.3 Å². The van der Waals surface area contributed by atoms with Crippen molar-refractivity contribution in [3.63, 3.8) is 0 Å². The normalized spacial score (nSPS) is 12.0. The van der Waals surface area contributed by atoms with Gasteiger partial charge in [0, 0.05) is 0 Å². The Labute approximate surface area is 178 Å². The second kappa shape index (κ2) is 17.5. The van der Waals surface area contributed by atoms with E-state index in [1.807, 2.05) is 6.92 Å². The molecule has 0 amide bonds. The van der Waals surface area contributed by atoms with E-state index in [1.165, 1.54) is 6.42 Å². The van der Waals surface area contributed by atoms with Crippen molar-refractivity contribution < 1.29 is 57.5 Å². The van der Waals surface area contributed by atoms with Gasteiger partial charge in [-0.15, -0.1) is 0 Å². The first-order chi connectivity index (χ1) is 11.0. The standard InChI is InChI=1S/C19H36O4.2Li/c1-4-7-9-10-11-13-15-19(17(20)21,18(22)23)16(6-3)14-12-8-5-2;;/h16H,4-15H2,1-3H3,(H,20,21)(H,22,23);;/q;2*+1/p-2. The van der Waals surface area contributed by atoms with Gasteiger partial charge in [0.2, 0.25) is 0 Å². The molecule has 0 rings (SSSR count). The van der Waals surface area contributed by atoms with E-state index in [2.05, 4.69) is 13.8 Å². The molecular weight excluding hydrogens is 306 g/mol. The minimum atomic E-state index is -1.83. The van der Waals surface area contributed by atoms with Gasteiger partial charge in [-0.2, -0.15) is 0 Å². The van der Waals surface area contributed by atoms with E-state index < -0.39 is 23.3 Å². The Morgan fingerprint density at radius 1 is 0.760 bits per heavy atom. The van der Waals surface area contributed by atoms with E-state index in [-0.39, 0.29) is 44.1 Å². The Morgan fingerprint density at radius 3 is 1.64 bits per heavy atom. The Kier molecular flexibility index (Phi) is 21.0. The molecule has 0 radical (unpaired) electrons. The third-order valence-corrected chi connectivity index (χ3v) is 5.00. The molecule has 4 nitrogen and oxygen atoms in total. The predicted molar refractivity (Wildman–Crippen MR) is 88.4 cm³/mol. The maximum Gasteiger partial charge on any atom is 1.00 e. The van der Waals surface area contributed by atoms with E-state index in [1.54, 1.807) is 0 Å². The van der Waals surface area contributed by atoms with Gasteiger partial charge in [0.15, 0.2) is 0 Å². The third-order valence-electron chi connectivity index (χ3n) is 5.00. The third kappa shape index (κ3) is 10.1. The first-order valence-corrected chi connectivity index (χ1v) is 9.40. The summed E-state index contributed by atoms with van der Waals surface area (Å²) in [5.41, 5.74) is -1.83. The van der Waals surface area contributed by atoms with E-state index in [0.29, 0.717) is 19.3 Å². The summed E-state index contributed by atoms with van der Waals surface area (Å²) < 4.78 is 0. The van der Waals surface area contributed by atoms with Crippen LogP contribution in [0.3, 0.4) is 0 Å². The minimum Gasteiger partial charge on any atom is -0.549 e. The van der Waals surface area contributed by atoms with Crippen LogP contribution in [0.15, 0.2) is 0 Å². The molecule has 0 saturated heterocycles. The van der Waals surface area contributed by atoms with Crippen LogP contribution >= 0.6 is 0 Å². The zero-order valence-corrected chi connectivity index (χ0v) is 17.2. The van der Waals surface area contributed by atoms with Gasteiger partial charge < -0.3 is 19.8 Å². The van der Waals surface area contributed by atoms with E-state index in [9.17, 15) is 19.8 Å². The largest absolute Gasteiger partial charge is 1.00 e. The molecular formula is C19H34Li2O4. The van der Waals surface area contributed by atoms with Crippen molar-refractivity contribution in [2.75, 3.05) is 0 Å². The van der Waals surface area contributed by atoms with Crippen molar-refractivity contribution in [1.82, 2.24) is 0 Å². The molecule has 0 aliphatic heterocycles. The molecule has 0 aromatic rings. The molecule has 0 saturated carbocycles. The summed E-state index contributed by atoms with van der Waals surface area (Å²) in [5, 5.41) is 23.5. The van der Waals surface area contributed by atoms with E-state index in [4.69, 9.17) is 0 Å². The van der Waals surface area contributed by atoms with Gasteiger partial charge in [0.05, 0.1) is 17.4 Å². The van der Waals surface area contributed by atoms with Gasteiger partial charge >= 0.3 is 37.7 Å². The number of hydrogen-bond acceptors (Lipinski definition) is 4. The molecule has 0 bridgehead atoms. The zero-order chi connectivity index (χ0) is 17.7. The second-order valence-corrected chi connectivity index (χ2v) is 6.66. The Balaban J connectivity index is -0.00000242. The number of rotatable bonds is 15. The average molecular weight is 340 g/mol. The summed E-state index contributed by atoms with van der Waals surface area (Å²) in [4.78, 5) is 23.5. The number of carbonyl (C=O) groups excluding carboxylic acids is 2. The Hall–Kier alpha value is 0.135. The van der Waals surface area contributed by atoms with Gasteiger partial charge in [0.25, 0.3) is 0 Å². The summed E-state index contributed by atoms with van der Waals surface area (Å²) in [6, 6.07) is 0. The maximum absolute atomic E-state index is 11.7. The van der Waals surface area contributed by atoms with Crippen LogP contribution in [0, 0.1) is 11.3 Å². The molecule has 136 valence electrons. The zero-order valence-electron chi connectivity index (χ0n) is 17.2. The quantitative estimate of drug-likeness (QED) is 0.179. The monoisotopic (exact) mass is 340 g/mol. The number of unbranched alkanes of at least 4 members (excludes halogenated alkanes) is 7. The number of aliphatic carboxylic acids is 2. The molecule has 0 aliphatic rings. The van der Waals surface area contributed by atoms with Crippen molar-refractivity contribution in [3.8, 4) is 0 Å². The fourth-order valence-electron chi connectivity index (χ4n) is 3.45. The van der Waals surface area contributed by atoms with Gasteiger partial charge in [-0.1, -0.05) is 85.0 Å². The van der Waals surface area contributed by atoms with Crippen LogP contribution in [-0.2, 0) is 9.59 Å². The smallest absolute Gasteiger partial charge is 0.549 e. The predicted octanol–water partition coefficient (Wildman–Crippen LogP) is -3.16. The Bertz CT molecular complexity index is 334. The number of carbonyl (C=O) groups is 2. The van der Waals surface area contributed by atoms with Gasteiger partial charge in [-0.25, -0.2) is 0 Å². The summed E-state index contributed by atoms with van der Waals surface area (Å²) >= 11 is 0. The van der Waals surface area contributed by atoms with Gasteiger partial charge in [-0.3, -0.25) is 0 Å². The molecule has 0 fully saturated rings. The first-order valence-electron chi connectivity index (χ1n) is 9.40. The van der Waals surface area contributed by atoms with E-state index >= 15 is 0 Å². The van der Waals surface area contributed by atoms with Crippen LogP contribution < -0.4 is 47.9 Å². The number of hydrogen-bond donors (Lipinski definition) is 0. The summed E-state index contributed by atoms with van der Waals surface area (Å²) in [5.74, 6) is -3.33. The summed E-state index contributed by atoms with van der Waals surface area (Å²) in [6.45, 7) is 6.07. The van der Waals surface area contributed by atoms with Gasteiger partial charge in [-0.05, 0) is 18.8 Å². The SMILES string of the molecule is CCCCCCCCC(C(=O)[O-])(C(=O)[O-])C(CC)CCCCC.[Li+].[Li+]. The van der Waals surface area contributed by atoms with Gasteiger partial charge in [0.1, 0.15) is 0 Å². The summed E-state index contributed by atoms with van der Waals surface area (Å²) in [7, 11) is 0. The van der Waals surface area contributed by atoms with Crippen LogP contribution in [0.1, 0.15) is 97.8 Å². The molecule has 1 atom stereocenters. The van der Waals surface area contributed by atoms with Crippen molar-refractivity contribution in [1.29, 1.82) is 0 Å². The molecule has 25 heavy (non-hydrogen) atoms. The Morgan fingerprint density at radius 2 is 1.20 bits per heavy atom. The molecule has 0 spiro atoms. The molecule has 0 aliphatic carbocycles. The maximum atomic E-state index is 11.7. The van der Waals surface area contributed by atoms with Crippen molar-refractivity contribution >= 4 is 11.9 Å². The van der Waals surface area contributed by atoms with Crippen LogP contribution in [0.4, 0.5) is 0 Å². The minimum absolute atomic E-state index is 0.